The predicted octanol–water partition coefficient (Wildman–Crippen LogP) is 10.8. The molecule has 0 unspecified atom stereocenters. The molecule has 0 amide bonds. The van der Waals surface area contributed by atoms with E-state index in [0.29, 0.717) is 11.1 Å². The first-order valence-corrected chi connectivity index (χ1v) is 15.7. The second-order valence-corrected chi connectivity index (χ2v) is 12.4. The Morgan fingerprint density at radius 3 is 1.21 bits per heavy atom. The van der Waals surface area contributed by atoms with Crippen LogP contribution in [0.25, 0.3) is 76.5 Å². The molecule has 0 saturated carbocycles. The summed E-state index contributed by atoms with van der Waals surface area (Å²) in [6.45, 7) is 0. The molecule has 0 atom stereocenters. The van der Waals surface area contributed by atoms with Crippen LogP contribution in [0.4, 0.5) is 0 Å². The minimum absolute atomic E-state index is 0.0114. The van der Waals surface area contributed by atoms with Gasteiger partial charge >= 0.3 is 0 Å². The quantitative estimate of drug-likeness (QED) is 0.0632. The molecule has 0 spiro atoms. The Hall–Kier alpha value is -5.82. The SMILES string of the molecule is Oc1c(Cl)c(O)c2c(-c3ccc4cc(-c5ccccc5)ccc4c3)c3c(O)c(Cl)c(O)c(O)c3c(-c3ccc4ccccc4c3)c2c1O. The fraction of sp³-hybridized carbons (Fsp3) is 0. The molecule has 6 N–H and O–H groups in total. The first-order chi connectivity index (χ1) is 23.2. The van der Waals surface area contributed by atoms with Crippen molar-refractivity contribution in [1.29, 1.82) is 0 Å². The minimum Gasteiger partial charge on any atom is -0.506 e. The van der Waals surface area contributed by atoms with Gasteiger partial charge in [0.1, 0.15) is 21.5 Å². The third-order valence-corrected chi connectivity index (χ3v) is 9.72. The standard InChI is InChI=1S/C40H24Cl2O6/c41-33-35(43)29-27(26-15-13-23-16-22(11-12-24(23)18-26)19-6-2-1-3-7-19)30-32(38(46)40(48)34(42)36(30)44)28(31(29)37(45)39(33)47)25-14-10-20-8-4-5-9-21(20)17-25/h1-18,43-48H. The van der Waals surface area contributed by atoms with E-state index in [9.17, 15) is 30.6 Å². The van der Waals surface area contributed by atoms with E-state index in [0.717, 1.165) is 32.7 Å². The Morgan fingerprint density at radius 2 is 0.688 bits per heavy atom. The molecule has 0 heterocycles. The van der Waals surface area contributed by atoms with Crippen LogP contribution in [0.3, 0.4) is 0 Å². The molecule has 0 bridgehead atoms. The van der Waals surface area contributed by atoms with Crippen LogP contribution in [-0.4, -0.2) is 30.6 Å². The Balaban J connectivity index is 1.55. The van der Waals surface area contributed by atoms with Gasteiger partial charge in [0, 0.05) is 32.7 Å². The normalized spacial score (nSPS) is 11.6. The smallest absolute Gasteiger partial charge is 0.181 e. The van der Waals surface area contributed by atoms with Crippen LogP contribution in [0.5, 0.6) is 34.5 Å². The second kappa shape index (κ2) is 10.9. The first-order valence-electron chi connectivity index (χ1n) is 14.9. The molecule has 8 heteroatoms. The summed E-state index contributed by atoms with van der Waals surface area (Å²) in [5.74, 6) is -4.01. The van der Waals surface area contributed by atoms with Crippen LogP contribution in [0.1, 0.15) is 0 Å². The van der Waals surface area contributed by atoms with Gasteiger partial charge in [-0.1, -0.05) is 114 Å². The fourth-order valence-corrected chi connectivity index (χ4v) is 7.09. The van der Waals surface area contributed by atoms with Gasteiger partial charge in [0.05, 0.1) is 0 Å². The summed E-state index contributed by atoms with van der Waals surface area (Å²) >= 11 is 12.8. The van der Waals surface area contributed by atoms with Crippen molar-refractivity contribution in [3.63, 3.8) is 0 Å². The van der Waals surface area contributed by atoms with Crippen LogP contribution < -0.4 is 0 Å². The number of hydrogen-bond donors (Lipinski definition) is 6. The van der Waals surface area contributed by atoms with Gasteiger partial charge in [0.2, 0.25) is 0 Å². The van der Waals surface area contributed by atoms with E-state index in [2.05, 4.69) is 0 Å². The number of phenolic OH excluding ortho intramolecular Hbond substituents is 6. The van der Waals surface area contributed by atoms with Crippen LogP contribution >= 0.6 is 23.2 Å². The van der Waals surface area contributed by atoms with Gasteiger partial charge in [-0.25, -0.2) is 0 Å². The summed E-state index contributed by atoms with van der Waals surface area (Å²) < 4.78 is 0. The largest absolute Gasteiger partial charge is 0.506 e. The van der Waals surface area contributed by atoms with E-state index >= 15 is 0 Å². The van der Waals surface area contributed by atoms with Crippen LogP contribution in [-0.2, 0) is 0 Å². The topological polar surface area (TPSA) is 121 Å². The van der Waals surface area contributed by atoms with Crippen molar-refractivity contribution in [2.24, 2.45) is 0 Å². The Bertz CT molecular complexity index is 2570. The van der Waals surface area contributed by atoms with Crippen LogP contribution in [0.2, 0.25) is 10.0 Å². The Kier molecular flexibility index (Phi) is 6.70. The van der Waals surface area contributed by atoms with Gasteiger partial charge in [-0.2, -0.15) is 0 Å². The second-order valence-electron chi connectivity index (χ2n) is 11.7. The molecule has 0 aliphatic rings. The molecule has 0 aliphatic heterocycles. The van der Waals surface area contributed by atoms with E-state index < -0.39 is 44.5 Å². The fourth-order valence-electron chi connectivity index (χ4n) is 6.72. The number of halogens is 2. The molecule has 0 radical (unpaired) electrons. The number of fused-ring (bicyclic) bond motifs is 4. The maximum absolute atomic E-state index is 11.6. The van der Waals surface area contributed by atoms with Crippen molar-refractivity contribution in [1.82, 2.24) is 0 Å². The third kappa shape index (κ3) is 4.27. The summed E-state index contributed by atoms with van der Waals surface area (Å²) in [4.78, 5) is 0. The number of rotatable bonds is 3. The number of phenols is 6. The van der Waals surface area contributed by atoms with E-state index in [1.807, 2.05) is 91.0 Å². The Labute approximate surface area is 283 Å². The molecular weight excluding hydrogens is 647 g/mol. The molecule has 8 aromatic rings. The maximum atomic E-state index is 11.6. The van der Waals surface area contributed by atoms with E-state index in [-0.39, 0.29) is 32.7 Å². The molecule has 234 valence electrons. The molecule has 8 aromatic carbocycles. The van der Waals surface area contributed by atoms with Crippen LogP contribution in [0, 0.1) is 0 Å². The van der Waals surface area contributed by atoms with Crippen molar-refractivity contribution in [2.45, 2.75) is 0 Å². The maximum Gasteiger partial charge on any atom is 0.181 e. The number of hydrogen-bond acceptors (Lipinski definition) is 6. The van der Waals surface area contributed by atoms with Gasteiger partial charge in [0.15, 0.2) is 23.0 Å². The van der Waals surface area contributed by atoms with Crippen molar-refractivity contribution < 1.29 is 30.6 Å². The molecule has 0 saturated heterocycles. The van der Waals surface area contributed by atoms with Crippen molar-refractivity contribution in [2.75, 3.05) is 0 Å². The first kappa shape index (κ1) is 29.6. The molecule has 0 aliphatic carbocycles. The number of aromatic hydroxyl groups is 6. The zero-order valence-electron chi connectivity index (χ0n) is 24.8. The number of benzene rings is 8. The molecule has 6 nitrogen and oxygen atoms in total. The molecule has 0 aromatic heterocycles. The van der Waals surface area contributed by atoms with Crippen LogP contribution in [0.15, 0.2) is 109 Å². The van der Waals surface area contributed by atoms with Gasteiger partial charge in [0.25, 0.3) is 0 Å². The summed E-state index contributed by atoms with van der Waals surface area (Å²) in [6, 6.07) is 34.3. The van der Waals surface area contributed by atoms with E-state index in [1.165, 1.54) is 0 Å². The highest BCUT2D eigenvalue weighted by atomic mass is 35.5. The zero-order valence-corrected chi connectivity index (χ0v) is 26.3. The zero-order chi connectivity index (χ0) is 33.4. The predicted molar refractivity (Wildman–Crippen MR) is 193 cm³/mol. The van der Waals surface area contributed by atoms with Crippen molar-refractivity contribution in [3.05, 3.63) is 119 Å². The van der Waals surface area contributed by atoms with E-state index in [4.69, 9.17) is 23.2 Å². The van der Waals surface area contributed by atoms with Gasteiger partial charge in [-0.15, -0.1) is 0 Å². The van der Waals surface area contributed by atoms with Gasteiger partial charge in [-0.3, -0.25) is 0 Å². The highest BCUT2D eigenvalue weighted by Gasteiger charge is 2.31. The molecular formula is C40H24Cl2O6. The van der Waals surface area contributed by atoms with Crippen molar-refractivity contribution in [3.8, 4) is 67.9 Å². The lowest BCUT2D eigenvalue weighted by atomic mass is 9.83. The highest BCUT2D eigenvalue weighted by Crippen LogP contribution is 2.60. The average molecular weight is 672 g/mol. The minimum atomic E-state index is -0.775. The third-order valence-electron chi connectivity index (χ3n) is 9.00. The van der Waals surface area contributed by atoms with Gasteiger partial charge < -0.3 is 30.6 Å². The molecule has 0 fully saturated rings. The summed E-state index contributed by atoms with van der Waals surface area (Å²) in [5, 5.41) is 70.5. The lowest BCUT2D eigenvalue weighted by Gasteiger charge is -2.23. The molecule has 8 rings (SSSR count). The monoisotopic (exact) mass is 670 g/mol. The summed E-state index contributed by atoms with van der Waals surface area (Å²) in [6.07, 6.45) is 0. The lowest BCUT2D eigenvalue weighted by Crippen LogP contribution is -1.95. The van der Waals surface area contributed by atoms with Gasteiger partial charge in [-0.05, 0) is 62.0 Å². The summed E-state index contributed by atoms with van der Waals surface area (Å²) in [5.41, 5.74) is 3.24. The van der Waals surface area contributed by atoms with E-state index in [1.54, 1.807) is 18.2 Å². The van der Waals surface area contributed by atoms with Crippen molar-refractivity contribution >= 4 is 66.3 Å². The average Bonchev–Trinajstić information content (AvgIpc) is 3.13. The lowest BCUT2D eigenvalue weighted by molar-refractivity contribution is 0.401. The highest BCUT2D eigenvalue weighted by molar-refractivity contribution is 6.40. The summed E-state index contributed by atoms with van der Waals surface area (Å²) in [7, 11) is 0. The Morgan fingerprint density at radius 1 is 0.312 bits per heavy atom. The molecule has 48 heavy (non-hydrogen) atoms.